The number of benzene rings is 2. The van der Waals surface area contributed by atoms with Gasteiger partial charge in [0.2, 0.25) is 0 Å². The van der Waals surface area contributed by atoms with Gasteiger partial charge in [0.15, 0.2) is 0 Å². The molecule has 0 atom stereocenters. The molecular weight excluding hydrogens is 468 g/mol. The van der Waals surface area contributed by atoms with Crippen molar-refractivity contribution < 1.29 is 19.4 Å². The molecule has 0 aromatic heterocycles. The lowest BCUT2D eigenvalue weighted by Crippen LogP contribution is -2.13. The third kappa shape index (κ3) is 4.71. The van der Waals surface area contributed by atoms with Gasteiger partial charge in [0.05, 0.1) is 21.6 Å². The summed E-state index contributed by atoms with van der Waals surface area (Å²) in [7, 11) is 1.28. The Labute approximate surface area is 166 Å². The van der Waals surface area contributed by atoms with Crippen LogP contribution in [0.2, 0.25) is 0 Å². The second kappa shape index (κ2) is 8.65. The summed E-state index contributed by atoms with van der Waals surface area (Å²) in [5.74, 6) is -1.06. The topological polar surface area (TPSA) is 99.4 Å². The fourth-order valence-electron chi connectivity index (χ4n) is 1.99. The molecule has 132 valence electrons. The molecule has 0 spiro atoms. The van der Waals surface area contributed by atoms with Gasteiger partial charge in [0.25, 0.3) is 5.91 Å². The maximum atomic E-state index is 12.3. The lowest BCUT2D eigenvalue weighted by atomic mass is 10.1. The highest BCUT2D eigenvalue weighted by Crippen LogP contribution is 2.34. The molecule has 2 aromatic rings. The second-order valence-corrected chi connectivity index (χ2v) is 6.73. The van der Waals surface area contributed by atoms with Crippen molar-refractivity contribution in [1.29, 1.82) is 5.26 Å². The average Bonchev–Trinajstić information content (AvgIpc) is 2.63. The van der Waals surface area contributed by atoms with Crippen molar-refractivity contribution in [2.24, 2.45) is 0 Å². The molecule has 26 heavy (non-hydrogen) atoms. The Balaban J connectivity index is 2.21. The minimum absolute atomic E-state index is 0.0239. The first-order valence-corrected chi connectivity index (χ1v) is 8.74. The number of esters is 1. The van der Waals surface area contributed by atoms with E-state index in [0.29, 0.717) is 25.8 Å². The predicted molar refractivity (Wildman–Crippen MR) is 104 cm³/mol. The van der Waals surface area contributed by atoms with Crippen LogP contribution in [0.4, 0.5) is 5.69 Å². The van der Waals surface area contributed by atoms with Gasteiger partial charge in [-0.15, -0.1) is 0 Å². The van der Waals surface area contributed by atoms with Crippen LogP contribution >= 0.6 is 31.9 Å². The highest BCUT2D eigenvalue weighted by Gasteiger charge is 2.12. The summed E-state index contributed by atoms with van der Waals surface area (Å²) in [5.41, 5.74) is 1.21. The van der Waals surface area contributed by atoms with E-state index in [1.807, 2.05) is 6.07 Å². The first kappa shape index (κ1) is 19.7. The van der Waals surface area contributed by atoms with Crippen LogP contribution in [-0.2, 0) is 9.53 Å². The summed E-state index contributed by atoms with van der Waals surface area (Å²) in [6, 6.07) is 11.1. The number of halogens is 2. The molecule has 0 bridgehead atoms. The van der Waals surface area contributed by atoms with Crippen molar-refractivity contribution in [3.63, 3.8) is 0 Å². The number of anilines is 1. The standard InChI is InChI=1S/C18H12Br2N2O4/c1-26-18(25)11-2-4-13(5-3-11)22-17(24)12(9-21)6-10-7-14(19)16(23)15(20)8-10/h2-8,23H,1H3,(H,22,24)/b12-6+. The van der Waals surface area contributed by atoms with E-state index in [4.69, 9.17) is 0 Å². The van der Waals surface area contributed by atoms with E-state index in [1.54, 1.807) is 12.1 Å². The summed E-state index contributed by atoms with van der Waals surface area (Å²) < 4.78 is 5.45. The van der Waals surface area contributed by atoms with Crippen LogP contribution in [0, 0.1) is 11.3 Å². The number of aromatic hydroxyl groups is 1. The van der Waals surface area contributed by atoms with Crippen molar-refractivity contribution >= 4 is 55.5 Å². The van der Waals surface area contributed by atoms with Gasteiger partial charge in [0, 0.05) is 5.69 Å². The highest BCUT2D eigenvalue weighted by atomic mass is 79.9. The molecule has 0 saturated heterocycles. The van der Waals surface area contributed by atoms with Crippen molar-refractivity contribution in [3.05, 3.63) is 62.0 Å². The number of hydrogen-bond donors (Lipinski definition) is 2. The number of ether oxygens (including phenoxy) is 1. The zero-order chi connectivity index (χ0) is 19.3. The minimum atomic E-state index is -0.598. The number of hydrogen-bond acceptors (Lipinski definition) is 5. The van der Waals surface area contributed by atoms with Gasteiger partial charge >= 0.3 is 5.97 Å². The van der Waals surface area contributed by atoms with Gasteiger partial charge in [-0.05, 0) is 79.9 Å². The minimum Gasteiger partial charge on any atom is -0.506 e. The molecule has 6 nitrogen and oxygen atoms in total. The average molecular weight is 480 g/mol. The van der Waals surface area contributed by atoms with Crippen molar-refractivity contribution in [3.8, 4) is 11.8 Å². The summed E-state index contributed by atoms with van der Waals surface area (Å²) in [4.78, 5) is 23.7. The number of phenolic OH excluding ortho intramolecular Hbond substituents is 1. The molecule has 0 aliphatic heterocycles. The molecule has 8 heteroatoms. The van der Waals surface area contributed by atoms with Gasteiger partial charge in [0.1, 0.15) is 17.4 Å². The van der Waals surface area contributed by atoms with E-state index in [-0.39, 0.29) is 11.3 Å². The van der Waals surface area contributed by atoms with E-state index < -0.39 is 11.9 Å². The van der Waals surface area contributed by atoms with Gasteiger partial charge < -0.3 is 15.2 Å². The molecule has 0 heterocycles. The van der Waals surface area contributed by atoms with Crippen molar-refractivity contribution in [1.82, 2.24) is 0 Å². The zero-order valence-electron chi connectivity index (χ0n) is 13.4. The smallest absolute Gasteiger partial charge is 0.337 e. The zero-order valence-corrected chi connectivity index (χ0v) is 16.6. The number of carbonyl (C=O) groups excluding carboxylic acids is 2. The van der Waals surface area contributed by atoms with E-state index in [0.717, 1.165) is 0 Å². The maximum Gasteiger partial charge on any atom is 0.337 e. The largest absolute Gasteiger partial charge is 0.506 e. The van der Waals surface area contributed by atoms with Gasteiger partial charge in [-0.1, -0.05) is 0 Å². The van der Waals surface area contributed by atoms with Crippen LogP contribution in [0.15, 0.2) is 50.9 Å². The number of methoxy groups -OCH3 is 1. The summed E-state index contributed by atoms with van der Waals surface area (Å²) >= 11 is 6.39. The van der Waals surface area contributed by atoms with Crippen molar-refractivity contribution in [2.45, 2.75) is 0 Å². The molecule has 0 radical (unpaired) electrons. The summed E-state index contributed by atoms with van der Waals surface area (Å²) in [6.07, 6.45) is 1.40. The third-order valence-electron chi connectivity index (χ3n) is 3.28. The van der Waals surface area contributed by atoms with Crippen LogP contribution in [0.1, 0.15) is 15.9 Å². The van der Waals surface area contributed by atoms with Crippen LogP contribution in [-0.4, -0.2) is 24.1 Å². The Hall–Kier alpha value is -2.63. The molecule has 0 aliphatic rings. The maximum absolute atomic E-state index is 12.3. The molecule has 0 saturated carbocycles. The monoisotopic (exact) mass is 478 g/mol. The van der Waals surface area contributed by atoms with Gasteiger partial charge in [-0.2, -0.15) is 5.26 Å². The molecule has 0 unspecified atom stereocenters. The molecular formula is C18H12Br2N2O4. The van der Waals surface area contributed by atoms with E-state index in [9.17, 15) is 20.0 Å². The van der Waals surface area contributed by atoms with Crippen LogP contribution in [0.25, 0.3) is 6.08 Å². The first-order chi connectivity index (χ1) is 12.3. The van der Waals surface area contributed by atoms with E-state index in [2.05, 4.69) is 41.9 Å². The number of phenols is 1. The fourth-order valence-corrected chi connectivity index (χ4v) is 3.21. The Kier molecular flexibility index (Phi) is 6.55. The number of nitriles is 1. The second-order valence-electron chi connectivity index (χ2n) is 5.03. The highest BCUT2D eigenvalue weighted by molar-refractivity contribution is 9.11. The number of amides is 1. The Morgan fingerprint density at radius 1 is 1.19 bits per heavy atom. The third-order valence-corrected chi connectivity index (χ3v) is 4.49. The van der Waals surface area contributed by atoms with Gasteiger partial charge in [-0.25, -0.2) is 4.79 Å². The Morgan fingerprint density at radius 3 is 2.27 bits per heavy atom. The number of nitrogens with one attached hydrogen (secondary N) is 1. The lowest BCUT2D eigenvalue weighted by Gasteiger charge is -2.06. The normalized spacial score (nSPS) is 10.8. The van der Waals surface area contributed by atoms with Crippen molar-refractivity contribution in [2.75, 3.05) is 12.4 Å². The summed E-state index contributed by atoms with van der Waals surface area (Å²) in [6.45, 7) is 0. The molecule has 0 fully saturated rings. The number of rotatable bonds is 4. The van der Waals surface area contributed by atoms with E-state index in [1.165, 1.54) is 37.5 Å². The van der Waals surface area contributed by atoms with Crippen LogP contribution in [0.3, 0.4) is 0 Å². The molecule has 0 aliphatic carbocycles. The number of nitrogens with zero attached hydrogens (tertiary/aromatic N) is 1. The lowest BCUT2D eigenvalue weighted by molar-refractivity contribution is -0.112. The van der Waals surface area contributed by atoms with Crippen LogP contribution in [0.5, 0.6) is 5.75 Å². The predicted octanol–water partition coefficient (Wildman–Crippen LogP) is 4.25. The number of carbonyl (C=O) groups is 2. The quantitative estimate of drug-likeness (QED) is 0.388. The SMILES string of the molecule is COC(=O)c1ccc(NC(=O)/C(C#N)=C/c2cc(Br)c(O)c(Br)c2)cc1. The Morgan fingerprint density at radius 2 is 1.77 bits per heavy atom. The summed E-state index contributed by atoms with van der Waals surface area (Å²) in [5, 5.41) is 21.6. The molecule has 1 amide bonds. The fraction of sp³-hybridized carbons (Fsp3) is 0.0556. The van der Waals surface area contributed by atoms with E-state index >= 15 is 0 Å². The molecule has 2 rings (SSSR count). The Bertz CT molecular complexity index is 908. The first-order valence-electron chi connectivity index (χ1n) is 7.15. The molecule has 2 aromatic carbocycles. The molecule has 2 N–H and O–H groups in total. The van der Waals surface area contributed by atoms with Gasteiger partial charge in [-0.3, -0.25) is 4.79 Å². The van der Waals surface area contributed by atoms with Crippen LogP contribution < -0.4 is 5.32 Å².